The van der Waals surface area contributed by atoms with Crippen LogP contribution in [0.4, 0.5) is 11.5 Å². The Bertz CT molecular complexity index is 1680. The van der Waals surface area contributed by atoms with Crippen molar-refractivity contribution >= 4 is 40.1 Å². The highest BCUT2D eigenvalue weighted by atomic mass is 16.6. The van der Waals surface area contributed by atoms with Gasteiger partial charge in [-0.3, -0.25) is 14.5 Å². The van der Waals surface area contributed by atoms with Crippen LogP contribution in [0, 0.1) is 0 Å². The number of aromatic nitrogens is 2. The number of nitrogens with zero attached hydrogens (tertiary/aromatic N) is 4. The summed E-state index contributed by atoms with van der Waals surface area (Å²) >= 11 is 0. The van der Waals surface area contributed by atoms with Gasteiger partial charge in [0.1, 0.15) is 24.8 Å². The highest BCUT2D eigenvalue weighted by Crippen LogP contribution is 2.35. The first-order valence-electron chi connectivity index (χ1n) is 15.8. The fourth-order valence-electron chi connectivity index (χ4n) is 4.77. The maximum absolute atomic E-state index is 9.85. The zero-order valence-corrected chi connectivity index (χ0v) is 27.6. The van der Waals surface area contributed by atoms with Crippen molar-refractivity contribution in [2.45, 2.75) is 32.4 Å². The molecule has 0 spiro atoms. The molecule has 1 aliphatic heterocycles. The second-order valence-electron chi connectivity index (χ2n) is 11.1. The highest BCUT2D eigenvalue weighted by Gasteiger charge is 2.15. The molecular formula is C35H42N6O8. The average Bonchev–Trinajstić information content (AvgIpc) is 3.11. The summed E-state index contributed by atoms with van der Waals surface area (Å²) in [6.07, 6.45) is 1.93. The molecule has 1 saturated heterocycles. The van der Waals surface area contributed by atoms with Crippen molar-refractivity contribution in [3.05, 3.63) is 84.2 Å². The fraction of sp³-hybridized carbons (Fsp3) is 0.343. The zero-order valence-electron chi connectivity index (χ0n) is 27.6. The lowest BCUT2D eigenvalue weighted by Gasteiger charge is -2.26. The number of benzene rings is 3. The van der Waals surface area contributed by atoms with Crippen molar-refractivity contribution in [2.75, 3.05) is 51.9 Å². The van der Waals surface area contributed by atoms with Gasteiger partial charge in [-0.25, -0.2) is 9.97 Å². The summed E-state index contributed by atoms with van der Waals surface area (Å²) in [5, 5.41) is 24.6. The van der Waals surface area contributed by atoms with Crippen LogP contribution in [0.2, 0.25) is 0 Å². The van der Waals surface area contributed by atoms with E-state index < -0.39 is 24.4 Å². The van der Waals surface area contributed by atoms with Crippen molar-refractivity contribution in [3.8, 4) is 11.5 Å². The van der Waals surface area contributed by atoms with Crippen LogP contribution in [0.5, 0.6) is 11.5 Å². The summed E-state index contributed by atoms with van der Waals surface area (Å²) in [6, 6.07) is 20.5. The van der Waals surface area contributed by atoms with Crippen molar-refractivity contribution < 1.29 is 38.9 Å². The highest BCUT2D eigenvalue weighted by molar-refractivity contribution is 5.99. The van der Waals surface area contributed by atoms with Gasteiger partial charge in [-0.1, -0.05) is 47.6 Å². The van der Waals surface area contributed by atoms with Crippen molar-refractivity contribution in [1.29, 1.82) is 0 Å². The molecule has 4 aromatic rings. The van der Waals surface area contributed by atoms with Crippen LogP contribution in [0.1, 0.15) is 30.9 Å². The molecule has 14 nitrogen and oxygen atoms in total. The summed E-state index contributed by atoms with van der Waals surface area (Å²) in [5.41, 5.74) is 9.36. The first-order valence-corrected chi connectivity index (χ1v) is 15.8. The van der Waals surface area contributed by atoms with Crippen molar-refractivity contribution in [2.24, 2.45) is 10.9 Å². The van der Waals surface area contributed by atoms with E-state index in [2.05, 4.69) is 25.3 Å². The molecule has 0 amide bonds. The lowest BCUT2D eigenvalue weighted by atomic mass is 10.1. The Labute approximate surface area is 284 Å². The Morgan fingerprint density at radius 3 is 2.43 bits per heavy atom. The second-order valence-corrected chi connectivity index (χ2v) is 11.1. The van der Waals surface area contributed by atoms with Crippen LogP contribution < -0.4 is 20.5 Å². The van der Waals surface area contributed by atoms with E-state index in [-0.39, 0.29) is 0 Å². The fourth-order valence-corrected chi connectivity index (χ4v) is 4.77. The minimum absolute atomic E-state index is 0.433. The molecule has 260 valence electrons. The topological polar surface area (TPSA) is 191 Å². The third-order valence-electron chi connectivity index (χ3n) is 7.45. The Balaban J connectivity index is 0.000000529. The number of hydrogen-bond acceptors (Lipinski definition) is 12. The van der Waals surface area contributed by atoms with Gasteiger partial charge in [0.2, 0.25) is 0 Å². The Morgan fingerprint density at radius 2 is 1.78 bits per heavy atom. The van der Waals surface area contributed by atoms with Crippen LogP contribution in [0.15, 0.2) is 78.2 Å². The molecule has 2 heterocycles. The lowest BCUT2D eigenvalue weighted by Crippen LogP contribution is -2.37. The molecule has 1 atom stereocenters. The number of aliphatic carboxylic acids is 2. The first kappa shape index (κ1) is 36.5. The van der Waals surface area contributed by atoms with Crippen molar-refractivity contribution in [1.82, 2.24) is 14.9 Å². The van der Waals surface area contributed by atoms with E-state index in [1.165, 1.54) is 0 Å². The number of ether oxygens (including phenoxy) is 3. The van der Waals surface area contributed by atoms with Crippen LogP contribution in [-0.4, -0.2) is 95.3 Å². The average molecular weight is 675 g/mol. The molecule has 1 aliphatic rings. The molecule has 0 aliphatic carbocycles. The molecule has 5 N–H and O–H groups in total. The van der Waals surface area contributed by atoms with E-state index >= 15 is 0 Å². The van der Waals surface area contributed by atoms with E-state index in [4.69, 9.17) is 35.0 Å². The number of nitrogens with two attached hydrogens (primary N) is 1. The number of anilines is 2. The third-order valence-corrected chi connectivity index (χ3v) is 7.45. The number of carboxylic acid groups (broad SMARTS) is 2. The van der Waals surface area contributed by atoms with Gasteiger partial charge in [-0.15, -0.1) is 0 Å². The molecule has 3 aromatic carbocycles. The maximum Gasteiger partial charge on any atom is 0.321 e. The summed E-state index contributed by atoms with van der Waals surface area (Å²) in [5.74, 6) is -0.484. The molecule has 14 heteroatoms. The van der Waals surface area contributed by atoms with Gasteiger partial charge in [-0.2, -0.15) is 0 Å². The minimum atomic E-state index is -1.29. The summed E-state index contributed by atoms with van der Waals surface area (Å²) in [4.78, 5) is 36.5. The number of nitrogens with one attached hydrogen (secondary N) is 1. The van der Waals surface area contributed by atoms with Gasteiger partial charge in [0.15, 0.2) is 11.5 Å². The standard InChI is InChI=1S/C31H35N5O4.C4H7NO4/c1-23(35-40-21-24-7-4-3-5-8-24)25-9-11-26(12-10-25)34-31-27-19-30(29(37-2)20-28(27)32-22-33-31)39-16-6-13-36-14-17-38-18-15-36;5-2(4(8)9)1-3(6)7/h3-5,7-12,19-20,22H,6,13-18,21H2,1-2H3,(H,32,33,34);2H,1,5H2,(H,6,7)(H,8,9)/t;2-/m.0/s1. The molecule has 5 rings (SSSR count). The van der Waals surface area contributed by atoms with E-state index in [0.29, 0.717) is 30.5 Å². The largest absolute Gasteiger partial charge is 0.493 e. The zero-order chi connectivity index (χ0) is 35.0. The molecule has 49 heavy (non-hydrogen) atoms. The van der Waals surface area contributed by atoms with E-state index in [1.54, 1.807) is 13.4 Å². The number of methoxy groups -OCH3 is 1. The van der Waals surface area contributed by atoms with Gasteiger partial charge in [0.25, 0.3) is 0 Å². The summed E-state index contributed by atoms with van der Waals surface area (Å²) < 4.78 is 17.2. The number of carbonyl (C=O) groups is 2. The number of hydrogen-bond donors (Lipinski definition) is 4. The smallest absolute Gasteiger partial charge is 0.321 e. The number of fused-ring (bicyclic) bond motifs is 1. The minimum Gasteiger partial charge on any atom is -0.493 e. The second kappa shape index (κ2) is 18.9. The van der Waals surface area contributed by atoms with E-state index in [9.17, 15) is 9.59 Å². The SMILES string of the molecule is COc1cc2ncnc(Nc3ccc(C(C)=NOCc4ccccc4)cc3)c2cc1OCCCN1CCOCC1.N[C@@H](CC(=O)O)C(=O)O. The first-order chi connectivity index (χ1) is 23.7. The number of carboxylic acids is 2. The van der Waals surface area contributed by atoms with Gasteiger partial charge in [0, 0.05) is 36.8 Å². The molecule has 1 aromatic heterocycles. The van der Waals surface area contributed by atoms with E-state index in [1.807, 2.05) is 73.7 Å². The van der Waals surface area contributed by atoms with Gasteiger partial charge in [-0.05, 0) is 42.7 Å². The van der Waals surface area contributed by atoms with Gasteiger partial charge >= 0.3 is 11.9 Å². The van der Waals surface area contributed by atoms with Crippen LogP contribution in [0.3, 0.4) is 0 Å². The number of morpholine rings is 1. The van der Waals surface area contributed by atoms with Crippen LogP contribution in [0.25, 0.3) is 10.9 Å². The van der Waals surface area contributed by atoms with Crippen LogP contribution in [-0.2, 0) is 25.8 Å². The Morgan fingerprint density at radius 1 is 1.04 bits per heavy atom. The number of oxime groups is 1. The van der Waals surface area contributed by atoms with Crippen molar-refractivity contribution in [3.63, 3.8) is 0 Å². The van der Waals surface area contributed by atoms with Gasteiger partial charge < -0.3 is 40.3 Å². The normalized spacial score (nSPS) is 13.9. The number of rotatable bonds is 15. The molecule has 0 saturated carbocycles. The monoisotopic (exact) mass is 674 g/mol. The molecule has 0 bridgehead atoms. The summed E-state index contributed by atoms with van der Waals surface area (Å²) in [6.45, 7) is 7.48. The Kier molecular flexibility index (Phi) is 14.1. The predicted molar refractivity (Wildman–Crippen MR) is 184 cm³/mol. The Hall–Kier alpha value is -5.31. The van der Waals surface area contributed by atoms with E-state index in [0.717, 1.165) is 72.7 Å². The third kappa shape index (κ3) is 11.7. The lowest BCUT2D eigenvalue weighted by molar-refractivity contribution is -0.144. The molecule has 1 fully saturated rings. The molecule has 0 radical (unpaired) electrons. The molecule has 0 unspecified atom stereocenters. The molecular weight excluding hydrogens is 632 g/mol. The predicted octanol–water partition coefficient (Wildman–Crippen LogP) is 4.30. The summed E-state index contributed by atoms with van der Waals surface area (Å²) in [7, 11) is 1.64. The van der Waals surface area contributed by atoms with Crippen LogP contribution >= 0.6 is 0 Å². The van der Waals surface area contributed by atoms with Gasteiger partial charge in [0.05, 0.1) is 44.6 Å². The maximum atomic E-state index is 9.85. The quantitative estimate of drug-likeness (QED) is 0.0794.